The number of piperazine rings is 1. The van der Waals surface area contributed by atoms with E-state index in [-0.39, 0.29) is 11.7 Å². The number of likely N-dealkylation sites (N-methyl/N-ethyl adjacent to an activating group) is 1. The van der Waals surface area contributed by atoms with Crippen molar-refractivity contribution in [3.63, 3.8) is 0 Å². The van der Waals surface area contributed by atoms with Crippen molar-refractivity contribution in [2.45, 2.75) is 50.7 Å². The summed E-state index contributed by atoms with van der Waals surface area (Å²) in [4.78, 5) is 17.1. The first-order valence-electron chi connectivity index (χ1n) is 11.7. The number of aryl methyl sites for hydroxylation is 1. The maximum absolute atomic E-state index is 12.3. The molecule has 1 aliphatic carbocycles. The zero-order chi connectivity index (χ0) is 21.8. The van der Waals surface area contributed by atoms with Crippen LogP contribution in [0, 0.1) is 12.8 Å². The van der Waals surface area contributed by atoms with Gasteiger partial charge in [-0.15, -0.1) is 0 Å². The summed E-state index contributed by atoms with van der Waals surface area (Å²) >= 11 is 0. The fraction of sp³-hybridized carbons (Fsp3) is 0.577. The average Bonchev–Trinajstić information content (AvgIpc) is 3.10. The molecule has 2 fully saturated rings. The second-order valence-corrected chi connectivity index (χ2v) is 9.59. The number of aliphatic hydroxyl groups is 1. The normalized spacial score (nSPS) is 31.7. The van der Waals surface area contributed by atoms with E-state index in [1.165, 1.54) is 17.9 Å². The third kappa shape index (κ3) is 5.28. The highest BCUT2D eigenvalue weighted by Gasteiger charge is 2.43. The molecule has 5 heteroatoms. The van der Waals surface area contributed by atoms with Crippen molar-refractivity contribution < 1.29 is 14.6 Å². The molecular weight excluding hydrogens is 388 g/mol. The van der Waals surface area contributed by atoms with Gasteiger partial charge in [-0.1, -0.05) is 36.2 Å². The van der Waals surface area contributed by atoms with Gasteiger partial charge in [0, 0.05) is 51.1 Å². The fourth-order valence-corrected chi connectivity index (χ4v) is 5.17. The van der Waals surface area contributed by atoms with Gasteiger partial charge in [-0.25, -0.2) is 0 Å². The Bertz CT molecular complexity index is 824. The van der Waals surface area contributed by atoms with Crippen molar-refractivity contribution in [1.82, 2.24) is 9.80 Å². The van der Waals surface area contributed by atoms with Crippen LogP contribution >= 0.6 is 0 Å². The molecule has 1 aromatic rings. The molecule has 3 unspecified atom stereocenters. The molecule has 1 saturated carbocycles. The van der Waals surface area contributed by atoms with Gasteiger partial charge in [0.05, 0.1) is 11.9 Å². The maximum Gasteiger partial charge on any atom is 0.203 e. The van der Waals surface area contributed by atoms with Crippen molar-refractivity contribution in [2.24, 2.45) is 5.92 Å². The SMILES string of the molecule is Cc1ccc(CC2(O)C(=CC3OC=CC3=O)CCCCC2CN2CCN(C)CC2)cc1. The van der Waals surface area contributed by atoms with Crippen LogP contribution in [0.4, 0.5) is 0 Å². The zero-order valence-electron chi connectivity index (χ0n) is 18.9. The summed E-state index contributed by atoms with van der Waals surface area (Å²) in [5.41, 5.74) is 2.37. The Balaban J connectivity index is 1.64. The molecule has 5 nitrogen and oxygen atoms in total. The second kappa shape index (κ2) is 9.68. The van der Waals surface area contributed by atoms with Crippen LogP contribution in [0.15, 0.2) is 48.3 Å². The summed E-state index contributed by atoms with van der Waals surface area (Å²) in [5.74, 6) is 0.0977. The highest BCUT2D eigenvalue weighted by atomic mass is 16.5. The Hall–Kier alpha value is -1.95. The van der Waals surface area contributed by atoms with E-state index in [0.29, 0.717) is 6.42 Å². The second-order valence-electron chi connectivity index (χ2n) is 9.59. The minimum atomic E-state index is -0.971. The number of rotatable bonds is 5. The molecule has 4 rings (SSSR count). The molecule has 0 radical (unpaired) electrons. The molecule has 0 aromatic heterocycles. The highest BCUT2D eigenvalue weighted by molar-refractivity contribution is 5.96. The molecule has 3 aliphatic rings. The Morgan fingerprint density at radius 1 is 1.16 bits per heavy atom. The van der Waals surface area contributed by atoms with Crippen LogP contribution in [0.1, 0.15) is 36.8 Å². The molecule has 1 N–H and O–H groups in total. The lowest BCUT2D eigenvalue weighted by molar-refractivity contribution is -0.118. The van der Waals surface area contributed by atoms with Gasteiger partial charge in [-0.2, -0.15) is 0 Å². The van der Waals surface area contributed by atoms with Crippen LogP contribution in [0.2, 0.25) is 0 Å². The van der Waals surface area contributed by atoms with Gasteiger partial charge >= 0.3 is 0 Å². The molecule has 0 bridgehead atoms. The summed E-state index contributed by atoms with van der Waals surface area (Å²) in [6.45, 7) is 7.21. The molecular formula is C26H36N2O3. The lowest BCUT2D eigenvalue weighted by Gasteiger charge is -2.42. The van der Waals surface area contributed by atoms with Crippen molar-refractivity contribution in [1.29, 1.82) is 0 Å². The van der Waals surface area contributed by atoms with Crippen LogP contribution < -0.4 is 0 Å². The van der Waals surface area contributed by atoms with Gasteiger partial charge in [0.1, 0.15) is 0 Å². The van der Waals surface area contributed by atoms with E-state index in [1.807, 2.05) is 6.08 Å². The van der Waals surface area contributed by atoms with Crippen LogP contribution in [-0.2, 0) is 16.0 Å². The largest absolute Gasteiger partial charge is 0.486 e. The summed E-state index contributed by atoms with van der Waals surface area (Å²) in [7, 11) is 2.17. The standard InChI is InChI=1S/C26H36N2O3/c1-20-7-9-21(10-8-20)18-26(30)22(17-25-24(29)11-16-31-25)5-3-4-6-23(26)19-28-14-12-27(2)13-15-28/h7-11,16-17,23,25,30H,3-6,12-15,18-19H2,1-2H3. The number of ketones is 1. The number of ether oxygens (including phenoxy) is 1. The van der Waals surface area contributed by atoms with Gasteiger partial charge in [-0.05, 0) is 50.4 Å². The van der Waals surface area contributed by atoms with E-state index in [0.717, 1.165) is 69.5 Å². The van der Waals surface area contributed by atoms with E-state index in [9.17, 15) is 9.90 Å². The summed E-state index contributed by atoms with van der Waals surface area (Å²) in [6, 6.07) is 8.48. The number of benzene rings is 1. The van der Waals surface area contributed by atoms with Crippen molar-refractivity contribution in [3.05, 3.63) is 59.4 Å². The van der Waals surface area contributed by atoms with E-state index in [2.05, 4.69) is 48.0 Å². The third-order valence-electron chi connectivity index (χ3n) is 7.24. The highest BCUT2D eigenvalue weighted by Crippen LogP contribution is 2.40. The smallest absolute Gasteiger partial charge is 0.203 e. The Kier molecular flexibility index (Phi) is 6.95. The van der Waals surface area contributed by atoms with Crippen molar-refractivity contribution >= 4 is 5.78 Å². The molecule has 2 heterocycles. The molecule has 2 aliphatic heterocycles. The molecule has 31 heavy (non-hydrogen) atoms. The van der Waals surface area contributed by atoms with Crippen LogP contribution in [-0.4, -0.2) is 72.2 Å². The van der Waals surface area contributed by atoms with E-state index >= 15 is 0 Å². The number of carbonyl (C=O) groups is 1. The number of hydrogen-bond donors (Lipinski definition) is 1. The molecule has 0 spiro atoms. The number of hydrogen-bond acceptors (Lipinski definition) is 5. The molecule has 168 valence electrons. The van der Waals surface area contributed by atoms with Gasteiger partial charge in [0.25, 0.3) is 0 Å². The predicted octanol–water partition coefficient (Wildman–Crippen LogP) is 3.11. The van der Waals surface area contributed by atoms with Gasteiger partial charge in [-0.3, -0.25) is 4.79 Å². The summed E-state index contributed by atoms with van der Waals surface area (Å²) in [5, 5.41) is 12.3. The van der Waals surface area contributed by atoms with Gasteiger partial charge in [0.2, 0.25) is 5.78 Å². The topological polar surface area (TPSA) is 53.0 Å². The lowest BCUT2D eigenvalue weighted by Crippen LogP contribution is -2.51. The zero-order valence-corrected chi connectivity index (χ0v) is 18.9. The first-order chi connectivity index (χ1) is 14.9. The fourth-order valence-electron chi connectivity index (χ4n) is 5.17. The van der Waals surface area contributed by atoms with Crippen molar-refractivity contribution in [2.75, 3.05) is 39.8 Å². The lowest BCUT2D eigenvalue weighted by atomic mass is 9.74. The van der Waals surface area contributed by atoms with E-state index in [4.69, 9.17) is 4.74 Å². The molecule has 1 saturated heterocycles. The van der Waals surface area contributed by atoms with Crippen LogP contribution in [0.5, 0.6) is 0 Å². The Morgan fingerprint density at radius 2 is 1.90 bits per heavy atom. The van der Waals surface area contributed by atoms with Crippen LogP contribution in [0.3, 0.4) is 0 Å². The molecule has 1 aromatic carbocycles. The minimum absolute atomic E-state index is 0.0370. The Morgan fingerprint density at radius 3 is 2.58 bits per heavy atom. The molecule has 0 amide bonds. The minimum Gasteiger partial charge on any atom is -0.486 e. The third-order valence-corrected chi connectivity index (χ3v) is 7.24. The number of carbonyl (C=O) groups excluding carboxylic acids is 1. The first kappa shape index (κ1) is 22.3. The van der Waals surface area contributed by atoms with Crippen LogP contribution in [0.25, 0.3) is 0 Å². The van der Waals surface area contributed by atoms with E-state index in [1.54, 1.807) is 0 Å². The number of nitrogens with zero attached hydrogens (tertiary/aromatic N) is 2. The monoisotopic (exact) mass is 424 g/mol. The average molecular weight is 425 g/mol. The quantitative estimate of drug-likeness (QED) is 0.581. The Labute approximate surface area is 186 Å². The first-order valence-corrected chi connectivity index (χ1v) is 11.7. The van der Waals surface area contributed by atoms with Gasteiger partial charge in [0.15, 0.2) is 6.10 Å². The predicted molar refractivity (Wildman–Crippen MR) is 123 cm³/mol. The van der Waals surface area contributed by atoms with E-state index < -0.39 is 11.7 Å². The summed E-state index contributed by atoms with van der Waals surface area (Å²) < 4.78 is 5.53. The molecule has 3 atom stereocenters. The van der Waals surface area contributed by atoms with Crippen molar-refractivity contribution in [3.8, 4) is 0 Å². The summed E-state index contributed by atoms with van der Waals surface area (Å²) in [6.07, 6.45) is 8.81. The maximum atomic E-state index is 12.3. The van der Waals surface area contributed by atoms with Gasteiger partial charge < -0.3 is 19.6 Å².